The molecule has 0 unspecified atom stereocenters. The van der Waals surface area contributed by atoms with Crippen molar-refractivity contribution in [3.63, 3.8) is 0 Å². The Kier molecular flexibility index (Phi) is 4.47. The summed E-state index contributed by atoms with van der Waals surface area (Å²) in [5, 5.41) is 1.17. The lowest BCUT2D eigenvalue weighted by molar-refractivity contribution is 0.413. The van der Waals surface area contributed by atoms with Crippen molar-refractivity contribution in [2.75, 3.05) is 20.6 Å². The zero-order valence-electron chi connectivity index (χ0n) is 10.9. The maximum atomic E-state index is 5.79. The minimum Gasteiger partial charge on any atom is -0.325 e. The average molecular weight is 261 g/mol. The lowest BCUT2D eigenvalue weighted by atomic mass is 10.1. The molecule has 0 aliphatic carbocycles. The first-order valence-electron chi connectivity index (χ1n) is 6.09. The second-order valence-corrected chi connectivity index (χ2v) is 5.59. The van der Waals surface area contributed by atoms with Crippen LogP contribution in [0, 0.1) is 0 Å². The van der Waals surface area contributed by atoms with Gasteiger partial charge < -0.3 is 10.6 Å². The van der Waals surface area contributed by atoms with Gasteiger partial charge in [-0.25, -0.2) is 4.98 Å². The highest BCUT2D eigenvalue weighted by molar-refractivity contribution is 7.15. The van der Waals surface area contributed by atoms with E-state index in [0.717, 1.165) is 18.7 Å². The van der Waals surface area contributed by atoms with E-state index in [2.05, 4.69) is 48.2 Å². The molecule has 0 atom stereocenters. The molecule has 2 aromatic rings. The second kappa shape index (κ2) is 6.09. The molecule has 18 heavy (non-hydrogen) atoms. The Balaban J connectivity index is 2.25. The molecule has 1 aromatic carbocycles. The van der Waals surface area contributed by atoms with Crippen molar-refractivity contribution < 1.29 is 0 Å². The number of hydrogen-bond donors (Lipinski definition) is 1. The summed E-state index contributed by atoms with van der Waals surface area (Å²) in [5.74, 6) is 0. The van der Waals surface area contributed by atoms with Gasteiger partial charge in [0.15, 0.2) is 0 Å². The molecule has 1 heterocycles. The third kappa shape index (κ3) is 3.16. The standard InChI is InChI=1S/C14H19N3S/c1-17(2)9-8-13-16-12(10-15)14(18-13)11-6-4-3-5-7-11/h3-7H,8-10,15H2,1-2H3. The molecule has 0 spiro atoms. The van der Waals surface area contributed by atoms with Crippen molar-refractivity contribution in [3.8, 4) is 10.4 Å². The van der Waals surface area contributed by atoms with E-state index in [1.807, 2.05) is 6.07 Å². The molecule has 3 nitrogen and oxygen atoms in total. The first-order chi connectivity index (χ1) is 8.70. The van der Waals surface area contributed by atoms with Crippen LogP contribution in [0.5, 0.6) is 0 Å². The molecule has 96 valence electrons. The Morgan fingerprint density at radius 2 is 1.94 bits per heavy atom. The van der Waals surface area contributed by atoms with Crippen molar-refractivity contribution in [1.29, 1.82) is 0 Å². The fraction of sp³-hybridized carbons (Fsp3) is 0.357. The smallest absolute Gasteiger partial charge is 0.0948 e. The van der Waals surface area contributed by atoms with Crippen LogP contribution in [0.15, 0.2) is 30.3 Å². The minimum absolute atomic E-state index is 0.503. The molecule has 0 fully saturated rings. The molecule has 0 bridgehead atoms. The monoisotopic (exact) mass is 261 g/mol. The molecular weight excluding hydrogens is 242 g/mol. The van der Waals surface area contributed by atoms with E-state index in [0.29, 0.717) is 6.54 Å². The van der Waals surface area contributed by atoms with Crippen molar-refractivity contribution in [1.82, 2.24) is 9.88 Å². The number of hydrogen-bond acceptors (Lipinski definition) is 4. The van der Waals surface area contributed by atoms with Crippen molar-refractivity contribution in [2.24, 2.45) is 5.73 Å². The molecule has 2 rings (SSSR count). The molecule has 2 N–H and O–H groups in total. The summed E-state index contributed by atoms with van der Waals surface area (Å²) in [4.78, 5) is 8.03. The normalized spacial score (nSPS) is 11.1. The van der Waals surface area contributed by atoms with Crippen LogP contribution in [-0.4, -0.2) is 30.5 Å². The Hall–Kier alpha value is -1.23. The van der Waals surface area contributed by atoms with Gasteiger partial charge in [0.1, 0.15) is 0 Å². The van der Waals surface area contributed by atoms with E-state index in [9.17, 15) is 0 Å². The summed E-state index contributed by atoms with van der Waals surface area (Å²) in [6, 6.07) is 10.4. The largest absolute Gasteiger partial charge is 0.325 e. The van der Waals surface area contributed by atoms with E-state index in [4.69, 9.17) is 5.73 Å². The van der Waals surface area contributed by atoms with E-state index in [1.165, 1.54) is 15.4 Å². The fourth-order valence-electron chi connectivity index (χ4n) is 1.78. The Bertz CT molecular complexity index is 491. The summed E-state index contributed by atoms with van der Waals surface area (Å²) in [6.07, 6.45) is 0.984. The predicted molar refractivity (Wildman–Crippen MR) is 77.7 cm³/mol. The summed E-state index contributed by atoms with van der Waals surface area (Å²) < 4.78 is 0. The molecule has 0 saturated heterocycles. The van der Waals surface area contributed by atoms with Gasteiger partial charge >= 0.3 is 0 Å². The molecule has 1 aromatic heterocycles. The summed E-state index contributed by atoms with van der Waals surface area (Å²) in [7, 11) is 4.16. The molecule has 0 radical (unpaired) electrons. The van der Waals surface area contributed by atoms with Gasteiger partial charge in [0.25, 0.3) is 0 Å². The van der Waals surface area contributed by atoms with Crippen LogP contribution in [0.2, 0.25) is 0 Å². The summed E-state index contributed by atoms with van der Waals surface area (Å²) >= 11 is 1.76. The highest BCUT2D eigenvalue weighted by Crippen LogP contribution is 2.30. The van der Waals surface area contributed by atoms with Gasteiger partial charge in [0.05, 0.1) is 15.6 Å². The van der Waals surface area contributed by atoms with E-state index in [-0.39, 0.29) is 0 Å². The van der Waals surface area contributed by atoms with Crippen LogP contribution in [0.25, 0.3) is 10.4 Å². The first kappa shape index (κ1) is 13.2. The fourth-order valence-corrected chi connectivity index (χ4v) is 2.87. The quantitative estimate of drug-likeness (QED) is 0.898. The molecular formula is C14H19N3S. The van der Waals surface area contributed by atoms with Crippen LogP contribution in [-0.2, 0) is 13.0 Å². The summed E-state index contributed by atoms with van der Waals surface area (Å²) in [6.45, 7) is 1.52. The molecule has 0 aliphatic heterocycles. The summed E-state index contributed by atoms with van der Waals surface area (Å²) in [5.41, 5.74) is 8.02. The minimum atomic E-state index is 0.503. The number of benzene rings is 1. The SMILES string of the molecule is CN(C)CCc1nc(CN)c(-c2ccccc2)s1. The highest BCUT2D eigenvalue weighted by atomic mass is 32.1. The van der Waals surface area contributed by atoms with Crippen LogP contribution >= 0.6 is 11.3 Å². The molecule has 0 saturated carbocycles. The number of thiazole rings is 1. The van der Waals surface area contributed by atoms with Crippen LogP contribution < -0.4 is 5.73 Å². The van der Waals surface area contributed by atoms with Crippen LogP contribution in [0.3, 0.4) is 0 Å². The van der Waals surface area contributed by atoms with Crippen molar-refractivity contribution in [3.05, 3.63) is 41.0 Å². The van der Waals surface area contributed by atoms with Gasteiger partial charge in [-0.15, -0.1) is 11.3 Å². The third-order valence-corrected chi connectivity index (χ3v) is 3.95. The van der Waals surface area contributed by atoms with Crippen LogP contribution in [0.4, 0.5) is 0 Å². The van der Waals surface area contributed by atoms with Gasteiger partial charge in [-0.3, -0.25) is 0 Å². The maximum absolute atomic E-state index is 5.79. The highest BCUT2D eigenvalue weighted by Gasteiger charge is 2.11. The van der Waals surface area contributed by atoms with Crippen molar-refractivity contribution in [2.45, 2.75) is 13.0 Å². The Morgan fingerprint density at radius 3 is 2.56 bits per heavy atom. The lowest BCUT2D eigenvalue weighted by Crippen LogP contribution is -2.15. The molecule has 0 aliphatic rings. The van der Waals surface area contributed by atoms with Gasteiger partial charge in [0.2, 0.25) is 0 Å². The molecule has 4 heteroatoms. The number of rotatable bonds is 5. The Labute approximate surface area is 112 Å². The maximum Gasteiger partial charge on any atom is 0.0948 e. The number of nitrogens with two attached hydrogens (primary N) is 1. The van der Waals surface area contributed by atoms with E-state index in [1.54, 1.807) is 11.3 Å². The van der Waals surface area contributed by atoms with Gasteiger partial charge in [-0.1, -0.05) is 30.3 Å². The van der Waals surface area contributed by atoms with Crippen molar-refractivity contribution >= 4 is 11.3 Å². The van der Waals surface area contributed by atoms with Crippen LogP contribution in [0.1, 0.15) is 10.7 Å². The van der Waals surface area contributed by atoms with E-state index >= 15 is 0 Å². The third-order valence-electron chi connectivity index (χ3n) is 2.74. The molecule has 0 amide bonds. The predicted octanol–water partition coefficient (Wildman–Crippen LogP) is 2.37. The zero-order chi connectivity index (χ0) is 13.0. The number of nitrogens with zero attached hydrogens (tertiary/aromatic N) is 2. The Morgan fingerprint density at radius 1 is 1.22 bits per heavy atom. The first-order valence-corrected chi connectivity index (χ1v) is 6.91. The number of likely N-dealkylation sites (N-methyl/N-ethyl adjacent to an activating group) is 1. The van der Waals surface area contributed by atoms with Gasteiger partial charge in [-0.2, -0.15) is 0 Å². The van der Waals surface area contributed by atoms with E-state index < -0.39 is 0 Å². The van der Waals surface area contributed by atoms with Gasteiger partial charge in [0, 0.05) is 19.5 Å². The second-order valence-electron chi connectivity index (χ2n) is 4.51. The average Bonchev–Trinajstić information content (AvgIpc) is 2.80. The zero-order valence-corrected chi connectivity index (χ0v) is 11.7. The number of aromatic nitrogens is 1. The topological polar surface area (TPSA) is 42.2 Å². The lowest BCUT2D eigenvalue weighted by Gasteiger charge is -2.06. The van der Waals surface area contributed by atoms with Gasteiger partial charge in [-0.05, 0) is 19.7 Å².